The zero-order valence-corrected chi connectivity index (χ0v) is 9.54. The van der Waals surface area contributed by atoms with Gasteiger partial charge in [0.05, 0.1) is 19.6 Å². The maximum absolute atomic E-state index is 10.8. The molecule has 0 spiro atoms. The Balaban J connectivity index is 2.71. The second kappa shape index (κ2) is 5.94. The molecule has 3 N–H and O–H groups in total. The molecule has 0 radical (unpaired) electrons. The smallest absolute Gasteiger partial charge is 0.317 e. The van der Waals surface area contributed by atoms with Crippen LogP contribution in [0.3, 0.4) is 0 Å². The third-order valence-electron chi connectivity index (χ3n) is 2.10. The van der Waals surface area contributed by atoms with Gasteiger partial charge >= 0.3 is 5.97 Å². The summed E-state index contributed by atoms with van der Waals surface area (Å²) >= 11 is 0. The number of carbonyl (C=O) groups excluding carboxylic acids is 1. The number of hydrogen-bond donors (Lipinski definition) is 2. The first kappa shape index (κ1) is 13.1. The van der Waals surface area contributed by atoms with Crippen LogP contribution in [0.5, 0.6) is 0 Å². The Morgan fingerprint density at radius 2 is 2.24 bits per heavy atom. The number of rotatable bonds is 7. The monoisotopic (exact) mass is 241 g/mol. The molecule has 94 valence electrons. The first-order valence-electron chi connectivity index (χ1n) is 5.12. The number of aliphatic carboxylic acids is 1. The summed E-state index contributed by atoms with van der Waals surface area (Å²) in [5.41, 5.74) is 5.05. The van der Waals surface area contributed by atoms with Gasteiger partial charge in [0.2, 0.25) is 5.91 Å². The average Bonchev–Trinajstić information content (AvgIpc) is 2.62. The standard InChI is InChI=1S/C9H15N5O3/c1-2-14-8(11-6-12-14)4-13(3-7(10)15)5-9(16)17/h6H,2-5H2,1H3,(H2,10,15)(H,16,17). The van der Waals surface area contributed by atoms with Crippen LogP contribution < -0.4 is 5.73 Å². The highest BCUT2D eigenvalue weighted by molar-refractivity contribution is 5.77. The van der Waals surface area contributed by atoms with Crippen molar-refractivity contribution in [3.05, 3.63) is 12.2 Å². The lowest BCUT2D eigenvalue weighted by atomic mass is 10.4. The van der Waals surface area contributed by atoms with E-state index >= 15 is 0 Å². The SMILES string of the molecule is CCn1ncnc1CN(CC(N)=O)CC(=O)O. The summed E-state index contributed by atoms with van der Waals surface area (Å²) in [6.07, 6.45) is 1.39. The normalized spacial score (nSPS) is 10.7. The Hall–Kier alpha value is -1.96. The largest absolute Gasteiger partial charge is 0.480 e. The van der Waals surface area contributed by atoms with E-state index in [1.54, 1.807) is 4.68 Å². The van der Waals surface area contributed by atoms with Crippen LogP contribution in [-0.4, -0.2) is 49.7 Å². The molecule has 1 aromatic heterocycles. The summed E-state index contributed by atoms with van der Waals surface area (Å²) in [5, 5.41) is 12.7. The van der Waals surface area contributed by atoms with Gasteiger partial charge in [0.1, 0.15) is 12.2 Å². The zero-order valence-electron chi connectivity index (χ0n) is 9.54. The minimum Gasteiger partial charge on any atom is -0.480 e. The average molecular weight is 241 g/mol. The van der Waals surface area contributed by atoms with Gasteiger partial charge in [-0.05, 0) is 6.92 Å². The fourth-order valence-corrected chi connectivity index (χ4v) is 1.45. The van der Waals surface area contributed by atoms with Crippen molar-refractivity contribution in [3.63, 3.8) is 0 Å². The lowest BCUT2D eigenvalue weighted by Crippen LogP contribution is -2.37. The second-order valence-electron chi connectivity index (χ2n) is 3.50. The van der Waals surface area contributed by atoms with Crippen LogP contribution in [-0.2, 0) is 22.7 Å². The third kappa shape index (κ3) is 4.19. The van der Waals surface area contributed by atoms with Crippen LogP contribution in [0.25, 0.3) is 0 Å². The quantitative estimate of drug-likeness (QED) is 0.611. The van der Waals surface area contributed by atoms with Crippen LogP contribution in [0, 0.1) is 0 Å². The molecule has 0 aromatic carbocycles. The summed E-state index contributed by atoms with van der Waals surface area (Å²) < 4.78 is 1.63. The van der Waals surface area contributed by atoms with Crippen LogP contribution in [0.4, 0.5) is 0 Å². The molecule has 0 aliphatic carbocycles. The molecule has 8 heteroatoms. The van der Waals surface area contributed by atoms with E-state index in [0.717, 1.165) is 0 Å². The molecule has 0 aliphatic rings. The summed E-state index contributed by atoms with van der Waals surface area (Å²) in [6.45, 7) is 2.37. The van der Waals surface area contributed by atoms with Crippen LogP contribution in [0.15, 0.2) is 6.33 Å². The van der Waals surface area contributed by atoms with Crippen molar-refractivity contribution in [2.75, 3.05) is 13.1 Å². The number of aryl methyl sites for hydroxylation is 1. The second-order valence-corrected chi connectivity index (χ2v) is 3.50. The van der Waals surface area contributed by atoms with E-state index in [4.69, 9.17) is 10.8 Å². The van der Waals surface area contributed by atoms with Gasteiger partial charge < -0.3 is 10.8 Å². The number of aromatic nitrogens is 3. The zero-order chi connectivity index (χ0) is 12.8. The van der Waals surface area contributed by atoms with E-state index < -0.39 is 11.9 Å². The molecule has 0 unspecified atom stereocenters. The molecule has 1 rings (SSSR count). The molecule has 0 bridgehead atoms. The maximum Gasteiger partial charge on any atom is 0.317 e. The van der Waals surface area contributed by atoms with Crippen molar-refractivity contribution in [2.45, 2.75) is 20.0 Å². The van der Waals surface area contributed by atoms with Gasteiger partial charge in [0, 0.05) is 6.54 Å². The molecule has 8 nitrogen and oxygen atoms in total. The molecule has 0 aliphatic heterocycles. The first-order chi connectivity index (χ1) is 8.02. The van der Waals surface area contributed by atoms with Crippen molar-refractivity contribution >= 4 is 11.9 Å². The summed E-state index contributed by atoms with van der Waals surface area (Å²) in [4.78, 5) is 26.9. The number of nitrogens with two attached hydrogens (primary N) is 1. The number of carbonyl (C=O) groups is 2. The van der Waals surface area contributed by atoms with Gasteiger partial charge in [-0.3, -0.25) is 14.5 Å². The Morgan fingerprint density at radius 1 is 1.53 bits per heavy atom. The number of hydrogen-bond acceptors (Lipinski definition) is 5. The predicted octanol–water partition coefficient (Wildman–Crippen LogP) is -1.33. The Bertz CT molecular complexity index is 387. The number of primary amides is 1. The first-order valence-corrected chi connectivity index (χ1v) is 5.12. The van der Waals surface area contributed by atoms with E-state index in [-0.39, 0.29) is 19.6 Å². The number of carboxylic acids is 1. The minimum absolute atomic E-state index is 0.122. The predicted molar refractivity (Wildman–Crippen MR) is 57.8 cm³/mol. The minimum atomic E-state index is -1.02. The van der Waals surface area contributed by atoms with Crippen molar-refractivity contribution in [3.8, 4) is 0 Å². The van der Waals surface area contributed by atoms with E-state index in [1.807, 2.05) is 6.92 Å². The van der Waals surface area contributed by atoms with Gasteiger partial charge in [0.15, 0.2) is 0 Å². The molecule has 0 fully saturated rings. The number of amides is 1. The van der Waals surface area contributed by atoms with Gasteiger partial charge in [-0.2, -0.15) is 5.10 Å². The van der Waals surface area contributed by atoms with Crippen molar-refractivity contribution in [1.82, 2.24) is 19.7 Å². The number of carboxylic acid groups (broad SMARTS) is 1. The third-order valence-corrected chi connectivity index (χ3v) is 2.10. The molecule has 0 saturated carbocycles. The highest BCUT2D eigenvalue weighted by Gasteiger charge is 2.15. The molecule has 0 atom stereocenters. The maximum atomic E-state index is 10.8. The highest BCUT2D eigenvalue weighted by Crippen LogP contribution is 2.00. The van der Waals surface area contributed by atoms with Crippen LogP contribution >= 0.6 is 0 Å². The molecule has 1 aromatic rings. The van der Waals surface area contributed by atoms with E-state index in [1.165, 1.54) is 11.2 Å². The van der Waals surface area contributed by atoms with E-state index in [2.05, 4.69) is 10.1 Å². The van der Waals surface area contributed by atoms with Crippen LogP contribution in [0.2, 0.25) is 0 Å². The van der Waals surface area contributed by atoms with Crippen LogP contribution in [0.1, 0.15) is 12.7 Å². The lowest BCUT2D eigenvalue weighted by molar-refractivity contribution is -0.138. The van der Waals surface area contributed by atoms with Crippen molar-refractivity contribution in [2.24, 2.45) is 5.73 Å². The molecule has 1 heterocycles. The Labute approximate surface area is 98.0 Å². The van der Waals surface area contributed by atoms with Crippen molar-refractivity contribution in [1.29, 1.82) is 0 Å². The van der Waals surface area contributed by atoms with E-state index in [0.29, 0.717) is 12.4 Å². The molecule has 0 saturated heterocycles. The van der Waals surface area contributed by atoms with Gasteiger partial charge in [-0.15, -0.1) is 0 Å². The summed E-state index contributed by atoms with van der Waals surface area (Å²) in [5.74, 6) is -0.988. The summed E-state index contributed by atoms with van der Waals surface area (Å²) in [7, 11) is 0. The van der Waals surface area contributed by atoms with E-state index in [9.17, 15) is 9.59 Å². The lowest BCUT2D eigenvalue weighted by Gasteiger charge is -2.17. The Kier molecular flexibility index (Phi) is 4.58. The fraction of sp³-hybridized carbons (Fsp3) is 0.556. The molecule has 17 heavy (non-hydrogen) atoms. The summed E-state index contributed by atoms with van der Waals surface area (Å²) in [6, 6.07) is 0. The van der Waals surface area contributed by atoms with Gasteiger partial charge in [0.25, 0.3) is 0 Å². The molecule has 1 amide bonds. The Morgan fingerprint density at radius 3 is 2.76 bits per heavy atom. The fourth-order valence-electron chi connectivity index (χ4n) is 1.45. The van der Waals surface area contributed by atoms with Gasteiger partial charge in [-0.25, -0.2) is 9.67 Å². The molecular formula is C9H15N5O3. The molecular weight excluding hydrogens is 226 g/mol. The highest BCUT2D eigenvalue weighted by atomic mass is 16.4. The topological polar surface area (TPSA) is 114 Å². The number of nitrogens with zero attached hydrogens (tertiary/aromatic N) is 4. The van der Waals surface area contributed by atoms with Crippen molar-refractivity contribution < 1.29 is 14.7 Å². The van der Waals surface area contributed by atoms with Gasteiger partial charge in [-0.1, -0.05) is 0 Å².